The van der Waals surface area contributed by atoms with E-state index in [1.807, 2.05) is 6.92 Å². The van der Waals surface area contributed by atoms with Gasteiger partial charge in [-0.3, -0.25) is 14.3 Å². The number of benzene rings is 1. The van der Waals surface area contributed by atoms with Crippen molar-refractivity contribution in [3.8, 4) is 5.75 Å². The fraction of sp³-hybridized carbons (Fsp3) is 0.522. The van der Waals surface area contributed by atoms with Crippen molar-refractivity contribution in [2.45, 2.75) is 58.1 Å². The molecule has 1 aromatic heterocycles. The van der Waals surface area contributed by atoms with Crippen molar-refractivity contribution in [1.82, 2.24) is 20.4 Å². The highest BCUT2D eigenvalue weighted by Gasteiger charge is 2.43. The van der Waals surface area contributed by atoms with Crippen molar-refractivity contribution in [3.05, 3.63) is 46.0 Å². The van der Waals surface area contributed by atoms with E-state index in [0.717, 1.165) is 18.5 Å². The summed E-state index contributed by atoms with van der Waals surface area (Å²) in [6, 6.07) is 2.83. The highest BCUT2D eigenvalue weighted by Crippen LogP contribution is 2.32. The SMILES string of the molecule is Cc1nn(C)c(C)c1C(=O)NC1(C(=O)NCCc2cc(F)cc3c2OCOC3)CCCC1. The second kappa shape index (κ2) is 8.90. The number of hydrogen-bond donors (Lipinski definition) is 2. The molecule has 1 saturated carbocycles. The van der Waals surface area contributed by atoms with Gasteiger partial charge in [0.2, 0.25) is 5.91 Å². The Hall–Kier alpha value is -2.94. The normalized spacial score (nSPS) is 16.9. The third-order valence-corrected chi connectivity index (χ3v) is 6.41. The predicted octanol–water partition coefficient (Wildman–Crippen LogP) is 2.44. The number of amides is 2. The Bertz CT molecular complexity index is 1040. The maximum absolute atomic E-state index is 14.0. The summed E-state index contributed by atoms with van der Waals surface area (Å²) in [7, 11) is 1.79. The second-order valence-corrected chi connectivity index (χ2v) is 8.58. The van der Waals surface area contributed by atoms with Crippen LogP contribution in [0, 0.1) is 19.7 Å². The van der Waals surface area contributed by atoms with Crippen LogP contribution in [0.4, 0.5) is 4.39 Å². The number of nitrogens with one attached hydrogen (secondary N) is 2. The van der Waals surface area contributed by atoms with Crippen LogP contribution in [0.3, 0.4) is 0 Å². The number of ether oxygens (including phenoxy) is 2. The van der Waals surface area contributed by atoms with Gasteiger partial charge in [-0.15, -0.1) is 0 Å². The molecular weight excluding hydrogens is 415 g/mol. The van der Waals surface area contributed by atoms with Crippen molar-refractivity contribution in [2.75, 3.05) is 13.3 Å². The number of carbonyl (C=O) groups excluding carboxylic acids is 2. The average molecular weight is 445 g/mol. The molecule has 1 aliphatic heterocycles. The summed E-state index contributed by atoms with van der Waals surface area (Å²) in [5.41, 5.74) is 2.31. The summed E-state index contributed by atoms with van der Waals surface area (Å²) in [6.07, 6.45) is 3.31. The second-order valence-electron chi connectivity index (χ2n) is 8.58. The largest absolute Gasteiger partial charge is 0.467 e. The van der Waals surface area contributed by atoms with Gasteiger partial charge in [-0.2, -0.15) is 5.10 Å². The quantitative estimate of drug-likeness (QED) is 0.714. The maximum atomic E-state index is 14.0. The van der Waals surface area contributed by atoms with Crippen LogP contribution in [0.25, 0.3) is 0 Å². The lowest BCUT2D eigenvalue weighted by atomic mass is 9.95. The Labute approximate surface area is 186 Å². The van der Waals surface area contributed by atoms with Crippen LogP contribution in [-0.4, -0.2) is 40.5 Å². The van der Waals surface area contributed by atoms with Crippen LogP contribution in [0.5, 0.6) is 5.75 Å². The van der Waals surface area contributed by atoms with Gasteiger partial charge in [-0.05, 0) is 50.8 Å². The molecule has 2 heterocycles. The molecule has 2 aliphatic rings. The molecule has 0 radical (unpaired) electrons. The Morgan fingerprint density at radius 3 is 2.69 bits per heavy atom. The first kappa shape index (κ1) is 22.3. The molecule has 9 heteroatoms. The molecule has 0 atom stereocenters. The minimum Gasteiger partial charge on any atom is -0.467 e. The zero-order chi connectivity index (χ0) is 22.9. The molecule has 0 bridgehead atoms. The van der Waals surface area contributed by atoms with Crippen molar-refractivity contribution in [1.29, 1.82) is 0 Å². The molecule has 4 rings (SSSR count). The van der Waals surface area contributed by atoms with E-state index in [1.54, 1.807) is 18.7 Å². The molecule has 2 aromatic rings. The van der Waals surface area contributed by atoms with Gasteiger partial charge in [0.05, 0.1) is 17.9 Å². The molecule has 2 amide bonds. The Morgan fingerprint density at radius 2 is 2.00 bits per heavy atom. The predicted molar refractivity (Wildman–Crippen MR) is 115 cm³/mol. The molecule has 1 fully saturated rings. The van der Waals surface area contributed by atoms with Crippen molar-refractivity contribution in [2.24, 2.45) is 7.05 Å². The number of carbonyl (C=O) groups is 2. The van der Waals surface area contributed by atoms with Crippen molar-refractivity contribution >= 4 is 11.8 Å². The maximum Gasteiger partial charge on any atom is 0.255 e. The summed E-state index contributed by atoms with van der Waals surface area (Å²) >= 11 is 0. The monoisotopic (exact) mass is 444 g/mol. The fourth-order valence-corrected chi connectivity index (χ4v) is 4.69. The Morgan fingerprint density at radius 1 is 1.25 bits per heavy atom. The molecule has 0 saturated heterocycles. The smallest absolute Gasteiger partial charge is 0.255 e. The summed E-state index contributed by atoms with van der Waals surface area (Å²) in [5.74, 6) is -0.228. The van der Waals surface area contributed by atoms with E-state index in [2.05, 4.69) is 15.7 Å². The Balaban J connectivity index is 1.44. The van der Waals surface area contributed by atoms with Gasteiger partial charge in [0.1, 0.15) is 17.1 Å². The van der Waals surface area contributed by atoms with Crippen LogP contribution in [-0.2, 0) is 29.6 Å². The van der Waals surface area contributed by atoms with E-state index in [-0.39, 0.29) is 24.4 Å². The van der Waals surface area contributed by atoms with Crippen LogP contribution in [0.15, 0.2) is 12.1 Å². The number of hydrogen-bond acceptors (Lipinski definition) is 5. The van der Waals surface area contributed by atoms with Crippen molar-refractivity contribution < 1.29 is 23.5 Å². The number of fused-ring (bicyclic) bond motifs is 1. The standard InChI is InChI=1S/C23H29FN4O4/c1-14-19(15(2)28(3)27-14)21(29)26-23(7-4-5-8-23)22(30)25-9-6-16-10-18(24)11-17-12-31-13-32-20(16)17/h10-11H,4-9,12-13H2,1-3H3,(H,25,30)(H,26,29). The minimum absolute atomic E-state index is 0.125. The van der Waals surface area contributed by atoms with Crippen LogP contribution < -0.4 is 15.4 Å². The lowest BCUT2D eigenvalue weighted by molar-refractivity contribution is -0.127. The first-order chi connectivity index (χ1) is 15.3. The third kappa shape index (κ3) is 4.21. The van der Waals surface area contributed by atoms with Gasteiger partial charge < -0.3 is 20.1 Å². The molecule has 32 heavy (non-hydrogen) atoms. The van der Waals surface area contributed by atoms with Gasteiger partial charge >= 0.3 is 0 Å². The third-order valence-electron chi connectivity index (χ3n) is 6.41. The topological polar surface area (TPSA) is 94.5 Å². The Kier molecular flexibility index (Phi) is 6.19. The van der Waals surface area contributed by atoms with E-state index in [9.17, 15) is 14.0 Å². The van der Waals surface area contributed by atoms with E-state index in [4.69, 9.17) is 9.47 Å². The van der Waals surface area contributed by atoms with E-state index in [1.165, 1.54) is 12.1 Å². The zero-order valence-electron chi connectivity index (χ0n) is 18.7. The van der Waals surface area contributed by atoms with Gasteiger partial charge in [0.15, 0.2) is 6.79 Å². The first-order valence-electron chi connectivity index (χ1n) is 10.9. The number of aryl methyl sites for hydroxylation is 2. The molecule has 1 aliphatic carbocycles. The van der Waals surface area contributed by atoms with E-state index < -0.39 is 5.54 Å². The molecule has 0 spiro atoms. The van der Waals surface area contributed by atoms with Gasteiger partial charge in [0, 0.05) is 24.8 Å². The lowest BCUT2D eigenvalue weighted by Crippen LogP contribution is -2.57. The number of nitrogens with zero attached hydrogens (tertiary/aromatic N) is 2. The summed E-state index contributed by atoms with van der Waals surface area (Å²) < 4.78 is 26.4. The lowest BCUT2D eigenvalue weighted by Gasteiger charge is -2.29. The number of halogens is 1. The van der Waals surface area contributed by atoms with E-state index >= 15 is 0 Å². The first-order valence-corrected chi connectivity index (χ1v) is 10.9. The summed E-state index contributed by atoms with van der Waals surface area (Å²) in [5, 5.41) is 10.3. The molecule has 172 valence electrons. The molecule has 0 unspecified atom stereocenters. The molecular formula is C23H29FN4O4. The number of rotatable bonds is 6. The number of aromatic nitrogens is 2. The van der Waals surface area contributed by atoms with Crippen LogP contribution >= 0.6 is 0 Å². The fourth-order valence-electron chi connectivity index (χ4n) is 4.69. The summed E-state index contributed by atoms with van der Waals surface area (Å²) in [4.78, 5) is 26.2. The van der Waals surface area contributed by atoms with Gasteiger partial charge in [-0.1, -0.05) is 12.8 Å². The minimum atomic E-state index is -0.947. The molecule has 2 N–H and O–H groups in total. The van der Waals surface area contributed by atoms with E-state index in [0.29, 0.717) is 60.5 Å². The molecule has 8 nitrogen and oxygen atoms in total. The van der Waals surface area contributed by atoms with Crippen LogP contribution in [0.1, 0.15) is 58.6 Å². The summed E-state index contributed by atoms with van der Waals surface area (Å²) in [6.45, 7) is 4.36. The average Bonchev–Trinajstić information content (AvgIpc) is 3.32. The highest BCUT2D eigenvalue weighted by atomic mass is 19.1. The van der Waals surface area contributed by atoms with Gasteiger partial charge in [-0.25, -0.2) is 4.39 Å². The van der Waals surface area contributed by atoms with Crippen molar-refractivity contribution in [3.63, 3.8) is 0 Å². The highest BCUT2D eigenvalue weighted by molar-refractivity contribution is 6.00. The molecule has 1 aromatic carbocycles. The van der Waals surface area contributed by atoms with Gasteiger partial charge in [0.25, 0.3) is 5.91 Å². The van der Waals surface area contributed by atoms with Crippen LogP contribution in [0.2, 0.25) is 0 Å². The zero-order valence-corrected chi connectivity index (χ0v) is 18.7.